The number of phenolic OH excluding ortho intramolecular Hbond substituents is 1. The molecule has 0 saturated carbocycles. The molecular weight excluding hydrogens is 443 g/mol. The van der Waals surface area contributed by atoms with E-state index in [0.29, 0.717) is 42.0 Å². The van der Waals surface area contributed by atoms with E-state index in [2.05, 4.69) is 30.9 Å². The largest absolute Gasteiger partial charge is 0.506 e. The van der Waals surface area contributed by atoms with Gasteiger partial charge in [-0.2, -0.15) is 0 Å². The summed E-state index contributed by atoms with van der Waals surface area (Å²) < 4.78 is 25.6. The van der Waals surface area contributed by atoms with Crippen molar-refractivity contribution in [3.63, 3.8) is 0 Å². The molecule has 0 atom stereocenters. The molecular formula is C17H13BrClFN4O3. The van der Waals surface area contributed by atoms with Crippen molar-refractivity contribution >= 4 is 33.3 Å². The van der Waals surface area contributed by atoms with E-state index in [-0.39, 0.29) is 28.3 Å². The molecule has 1 saturated heterocycles. The number of oxazole rings is 1. The number of ether oxygens (including phenoxy) is 1. The second-order valence-corrected chi connectivity index (χ2v) is 7.11. The molecule has 27 heavy (non-hydrogen) atoms. The molecule has 0 spiro atoms. The van der Waals surface area contributed by atoms with E-state index in [0.717, 1.165) is 6.20 Å². The molecule has 7 nitrogen and oxygen atoms in total. The summed E-state index contributed by atoms with van der Waals surface area (Å²) >= 11 is 9.30. The van der Waals surface area contributed by atoms with Crippen LogP contribution in [0.15, 0.2) is 33.5 Å². The van der Waals surface area contributed by atoms with E-state index >= 15 is 0 Å². The van der Waals surface area contributed by atoms with Gasteiger partial charge in [0, 0.05) is 17.6 Å². The van der Waals surface area contributed by atoms with Crippen LogP contribution in [0.3, 0.4) is 0 Å². The summed E-state index contributed by atoms with van der Waals surface area (Å²) in [4.78, 5) is 14.4. The average molecular weight is 456 g/mol. The van der Waals surface area contributed by atoms with E-state index in [4.69, 9.17) is 20.8 Å². The number of hydrogen-bond donors (Lipinski definition) is 1. The zero-order valence-corrected chi connectivity index (χ0v) is 16.2. The fraction of sp³-hybridized carbons (Fsp3) is 0.235. The maximum absolute atomic E-state index is 14.2. The average Bonchev–Trinajstić information content (AvgIpc) is 3.15. The number of rotatable bonds is 3. The molecule has 0 bridgehead atoms. The van der Waals surface area contributed by atoms with E-state index in [1.807, 2.05) is 0 Å². The number of halogens is 3. The SMILES string of the molecule is Oc1c(Cl)cc(Br)cc1-c1nc(-c2ncc(F)c(N3CCOCC3)n2)co1. The highest BCUT2D eigenvalue weighted by Gasteiger charge is 2.21. The summed E-state index contributed by atoms with van der Waals surface area (Å²) in [7, 11) is 0. The van der Waals surface area contributed by atoms with Crippen LogP contribution in [0.1, 0.15) is 0 Å². The third-order valence-electron chi connectivity index (χ3n) is 4.03. The number of hydrogen-bond acceptors (Lipinski definition) is 7. The first kappa shape index (κ1) is 18.1. The first-order valence-corrected chi connectivity index (χ1v) is 9.19. The van der Waals surface area contributed by atoms with Crippen LogP contribution in [0.25, 0.3) is 23.0 Å². The molecule has 140 valence electrons. The predicted octanol–water partition coefficient (Wildman–Crippen LogP) is 3.90. The standard InChI is InChI=1S/C17H13BrClFN4O3/c18-9-5-10(14(25)11(19)6-9)17-22-13(8-27-17)15-21-7-12(20)16(23-15)24-1-3-26-4-2-24/h5-8,25H,1-4H2. The number of aromatic hydroxyl groups is 1. The van der Waals surface area contributed by atoms with Gasteiger partial charge in [0.15, 0.2) is 17.5 Å². The maximum atomic E-state index is 14.2. The fourth-order valence-electron chi connectivity index (χ4n) is 2.71. The third kappa shape index (κ3) is 3.62. The van der Waals surface area contributed by atoms with E-state index < -0.39 is 5.82 Å². The number of morpholine rings is 1. The number of nitrogens with zero attached hydrogens (tertiary/aromatic N) is 4. The van der Waals surface area contributed by atoms with Crippen molar-refractivity contribution in [2.24, 2.45) is 0 Å². The van der Waals surface area contributed by atoms with Crippen LogP contribution in [0.5, 0.6) is 5.75 Å². The highest BCUT2D eigenvalue weighted by molar-refractivity contribution is 9.10. The van der Waals surface area contributed by atoms with Gasteiger partial charge in [0.05, 0.1) is 30.0 Å². The summed E-state index contributed by atoms with van der Waals surface area (Å²) in [5.74, 6) is -0.107. The monoisotopic (exact) mass is 454 g/mol. The first-order chi connectivity index (χ1) is 13.0. The molecule has 0 radical (unpaired) electrons. The van der Waals surface area contributed by atoms with Crippen LogP contribution in [-0.4, -0.2) is 46.4 Å². The smallest absolute Gasteiger partial charge is 0.230 e. The second kappa shape index (κ2) is 7.41. The van der Waals surface area contributed by atoms with Crippen LogP contribution >= 0.6 is 27.5 Å². The van der Waals surface area contributed by atoms with Gasteiger partial charge >= 0.3 is 0 Å². The van der Waals surface area contributed by atoms with E-state index in [1.54, 1.807) is 17.0 Å². The fourth-order valence-corrected chi connectivity index (χ4v) is 3.52. The van der Waals surface area contributed by atoms with Crippen molar-refractivity contribution in [3.8, 4) is 28.7 Å². The Kier molecular flexibility index (Phi) is 4.98. The van der Waals surface area contributed by atoms with Crippen molar-refractivity contribution in [2.45, 2.75) is 0 Å². The van der Waals surface area contributed by atoms with E-state index in [9.17, 15) is 9.50 Å². The van der Waals surface area contributed by atoms with Crippen LogP contribution < -0.4 is 4.90 Å². The van der Waals surface area contributed by atoms with E-state index in [1.165, 1.54) is 6.26 Å². The third-order valence-corrected chi connectivity index (χ3v) is 4.77. The minimum absolute atomic E-state index is 0.145. The lowest BCUT2D eigenvalue weighted by molar-refractivity contribution is 0.122. The number of phenols is 1. The van der Waals surface area contributed by atoms with Gasteiger partial charge in [0.25, 0.3) is 0 Å². The van der Waals surface area contributed by atoms with Gasteiger partial charge in [0.1, 0.15) is 17.7 Å². The molecule has 10 heteroatoms. The molecule has 1 N–H and O–H groups in total. The van der Waals surface area contributed by atoms with Gasteiger partial charge < -0.3 is 19.2 Å². The Morgan fingerprint density at radius 3 is 2.78 bits per heavy atom. The lowest BCUT2D eigenvalue weighted by atomic mass is 10.2. The zero-order chi connectivity index (χ0) is 19.0. The quantitative estimate of drug-likeness (QED) is 0.641. The Balaban J connectivity index is 1.70. The number of anilines is 1. The predicted molar refractivity (Wildman–Crippen MR) is 100 cm³/mol. The molecule has 2 aromatic heterocycles. The van der Waals surface area contributed by atoms with Gasteiger partial charge in [-0.1, -0.05) is 27.5 Å². The van der Waals surface area contributed by atoms with Crippen LogP contribution in [0.4, 0.5) is 10.2 Å². The summed E-state index contributed by atoms with van der Waals surface area (Å²) in [5, 5.41) is 10.3. The van der Waals surface area contributed by atoms with Crippen molar-refractivity contribution in [1.29, 1.82) is 0 Å². The molecule has 3 heterocycles. The molecule has 1 aliphatic rings. The number of aromatic nitrogens is 3. The Hall–Kier alpha value is -2.23. The molecule has 3 aromatic rings. The summed E-state index contributed by atoms with van der Waals surface area (Å²) in [6.45, 7) is 2.11. The normalized spacial score (nSPS) is 14.6. The molecule has 1 fully saturated rings. The lowest BCUT2D eigenvalue weighted by Crippen LogP contribution is -2.37. The lowest BCUT2D eigenvalue weighted by Gasteiger charge is -2.27. The maximum Gasteiger partial charge on any atom is 0.230 e. The van der Waals surface area contributed by atoms with Gasteiger partial charge in [-0.3, -0.25) is 0 Å². The molecule has 4 rings (SSSR count). The van der Waals surface area contributed by atoms with Gasteiger partial charge in [-0.25, -0.2) is 19.3 Å². The Morgan fingerprint density at radius 2 is 2.00 bits per heavy atom. The minimum Gasteiger partial charge on any atom is -0.506 e. The second-order valence-electron chi connectivity index (χ2n) is 5.79. The molecule has 1 aliphatic heterocycles. The molecule has 0 amide bonds. The summed E-state index contributed by atoms with van der Waals surface area (Å²) in [6, 6.07) is 3.18. The van der Waals surface area contributed by atoms with Gasteiger partial charge in [0.2, 0.25) is 5.89 Å². The van der Waals surface area contributed by atoms with Crippen LogP contribution in [0, 0.1) is 5.82 Å². The highest BCUT2D eigenvalue weighted by atomic mass is 79.9. The topological polar surface area (TPSA) is 84.5 Å². The Bertz CT molecular complexity index is 994. The minimum atomic E-state index is -0.513. The van der Waals surface area contributed by atoms with Crippen molar-refractivity contribution in [3.05, 3.63) is 39.9 Å². The van der Waals surface area contributed by atoms with Gasteiger partial charge in [-0.15, -0.1) is 0 Å². The Morgan fingerprint density at radius 1 is 1.22 bits per heavy atom. The zero-order valence-electron chi connectivity index (χ0n) is 13.8. The highest BCUT2D eigenvalue weighted by Crippen LogP contribution is 2.38. The number of benzene rings is 1. The van der Waals surface area contributed by atoms with Crippen molar-refractivity contribution < 1.29 is 18.7 Å². The first-order valence-electron chi connectivity index (χ1n) is 8.02. The Labute approximate surface area is 166 Å². The van der Waals surface area contributed by atoms with Gasteiger partial charge in [-0.05, 0) is 12.1 Å². The summed E-state index contributed by atoms with van der Waals surface area (Å²) in [6.07, 6.45) is 2.45. The van der Waals surface area contributed by atoms with Crippen molar-refractivity contribution in [2.75, 3.05) is 31.2 Å². The van der Waals surface area contributed by atoms with Crippen LogP contribution in [-0.2, 0) is 4.74 Å². The molecule has 0 aliphatic carbocycles. The summed E-state index contributed by atoms with van der Waals surface area (Å²) in [5.41, 5.74) is 0.631. The van der Waals surface area contributed by atoms with Crippen LogP contribution in [0.2, 0.25) is 5.02 Å². The molecule has 1 aromatic carbocycles. The molecule has 0 unspecified atom stereocenters. The van der Waals surface area contributed by atoms with Crippen molar-refractivity contribution in [1.82, 2.24) is 15.0 Å².